The lowest BCUT2D eigenvalue weighted by atomic mass is 10.1. The molecule has 31 heavy (non-hydrogen) atoms. The third-order valence-corrected chi connectivity index (χ3v) is 5.55. The molecule has 7 nitrogen and oxygen atoms in total. The molecule has 0 atom stereocenters. The molecule has 3 amide bonds. The molecule has 3 aromatic rings. The smallest absolute Gasteiger partial charge is 0.321 e. The Balaban J connectivity index is 1.89. The fourth-order valence-electron chi connectivity index (χ4n) is 3.23. The van der Waals surface area contributed by atoms with Gasteiger partial charge in [0.25, 0.3) is 5.56 Å². The lowest BCUT2D eigenvalue weighted by Crippen LogP contribution is -2.40. The Morgan fingerprint density at radius 2 is 1.81 bits per heavy atom. The number of para-hydroxylation sites is 1. The standard InChI is InChI=1S/C23H26N4O3S/c1-4-5-10-24-22(30)26-20(28)14-31-23-25-19-9-7-6-8-18(19)21(29)27(23)17-12-15(2)11-16(3)13-17/h6-9,11-13H,4-5,10,14H2,1-3H3,(H2,24,26,28,30). The van der Waals surface area contributed by atoms with Crippen molar-refractivity contribution in [2.75, 3.05) is 12.3 Å². The van der Waals surface area contributed by atoms with Gasteiger partial charge in [0.1, 0.15) is 0 Å². The van der Waals surface area contributed by atoms with E-state index in [1.807, 2.05) is 45.0 Å². The summed E-state index contributed by atoms with van der Waals surface area (Å²) in [6.45, 7) is 6.47. The summed E-state index contributed by atoms with van der Waals surface area (Å²) in [6.07, 6.45) is 1.80. The SMILES string of the molecule is CCCCNC(=O)NC(=O)CSc1nc2ccccc2c(=O)n1-c1cc(C)cc(C)c1. The number of urea groups is 1. The number of imide groups is 1. The van der Waals surface area contributed by atoms with Gasteiger partial charge >= 0.3 is 6.03 Å². The zero-order valence-corrected chi connectivity index (χ0v) is 18.7. The van der Waals surface area contributed by atoms with Crippen molar-refractivity contribution in [3.63, 3.8) is 0 Å². The number of rotatable bonds is 7. The summed E-state index contributed by atoms with van der Waals surface area (Å²) in [4.78, 5) is 42.0. The highest BCUT2D eigenvalue weighted by Gasteiger charge is 2.16. The maximum atomic E-state index is 13.3. The quantitative estimate of drug-likeness (QED) is 0.333. The van der Waals surface area contributed by atoms with E-state index in [0.717, 1.165) is 35.7 Å². The molecular formula is C23H26N4O3S. The lowest BCUT2D eigenvalue weighted by Gasteiger charge is -2.14. The van der Waals surface area contributed by atoms with E-state index in [0.29, 0.717) is 28.3 Å². The third-order valence-electron chi connectivity index (χ3n) is 4.61. The van der Waals surface area contributed by atoms with Gasteiger partial charge in [-0.15, -0.1) is 0 Å². The van der Waals surface area contributed by atoms with Crippen molar-refractivity contribution in [1.29, 1.82) is 0 Å². The Morgan fingerprint density at radius 3 is 2.52 bits per heavy atom. The molecule has 0 spiro atoms. The van der Waals surface area contributed by atoms with E-state index in [2.05, 4.69) is 15.6 Å². The molecule has 162 valence electrons. The number of nitrogens with zero attached hydrogens (tertiary/aromatic N) is 2. The minimum Gasteiger partial charge on any atom is -0.338 e. The molecule has 0 bridgehead atoms. The van der Waals surface area contributed by atoms with Gasteiger partial charge in [0, 0.05) is 6.54 Å². The molecule has 0 aliphatic heterocycles. The Labute approximate surface area is 185 Å². The van der Waals surface area contributed by atoms with Crippen molar-refractivity contribution in [2.45, 2.75) is 38.8 Å². The summed E-state index contributed by atoms with van der Waals surface area (Å²) in [5, 5.41) is 5.86. The number of nitrogens with one attached hydrogen (secondary N) is 2. The first-order chi connectivity index (χ1) is 14.9. The topological polar surface area (TPSA) is 93.1 Å². The van der Waals surface area contributed by atoms with E-state index < -0.39 is 11.9 Å². The van der Waals surface area contributed by atoms with Gasteiger partial charge in [-0.3, -0.25) is 19.5 Å². The van der Waals surface area contributed by atoms with Crippen LogP contribution < -0.4 is 16.2 Å². The molecule has 3 rings (SSSR count). The van der Waals surface area contributed by atoms with Gasteiger partial charge in [-0.25, -0.2) is 9.78 Å². The van der Waals surface area contributed by atoms with Gasteiger partial charge in [-0.2, -0.15) is 0 Å². The van der Waals surface area contributed by atoms with Crippen LogP contribution in [0.3, 0.4) is 0 Å². The summed E-state index contributed by atoms with van der Waals surface area (Å²) in [6, 6.07) is 12.5. The summed E-state index contributed by atoms with van der Waals surface area (Å²) in [5.41, 5.74) is 3.10. The van der Waals surface area contributed by atoms with Crippen LogP contribution in [0.15, 0.2) is 52.4 Å². The van der Waals surface area contributed by atoms with Gasteiger partial charge in [0.15, 0.2) is 5.16 Å². The molecule has 1 aromatic heterocycles. The van der Waals surface area contributed by atoms with Crippen LogP contribution in [0.2, 0.25) is 0 Å². The minimum absolute atomic E-state index is 0.0449. The average Bonchev–Trinajstić information content (AvgIpc) is 2.72. The number of aromatic nitrogens is 2. The molecule has 0 radical (unpaired) electrons. The Kier molecular flexibility index (Phi) is 7.46. The highest BCUT2D eigenvalue weighted by atomic mass is 32.2. The van der Waals surface area contributed by atoms with Gasteiger partial charge < -0.3 is 5.32 Å². The molecule has 8 heteroatoms. The maximum absolute atomic E-state index is 13.3. The van der Waals surface area contributed by atoms with E-state index >= 15 is 0 Å². The normalized spacial score (nSPS) is 10.8. The van der Waals surface area contributed by atoms with Crippen molar-refractivity contribution >= 4 is 34.6 Å². The van der Waals surface area contributed by atoms with Crippen molar-refractivity contribution in [2.24, 2.45) is 0 Å². The van der Waals surface area contributed by atoms with Crippen LogP contribution in [-0.4, -0.2) is 33.8 Å². The number of carbonyl (C=O) groups is 2. The lowest BCUT2D eigenvalue weighted by molar-refractivity contribution is -0.117. The second kappa shape index (κ2) is 10.3. The number of hydrogen-bond donors (Lipinski definition) is 2. The van der Waals surface area contributed by atoms with Crippen molar-refractivity contribution < 1.29 is 9.59 Å². The van der Waals surface area contributed by atoms with Crippen LogP contribution in [0.25, 0.3) is 16.6 Å². The molecule has 2 N–H and O–H groups in total. The predicted molar refractivity (Wildman–Crippen MR) is 124 cm³/mol. The van der Waals surface area contributed by atoms with Crippen LogP contribution in [0.5, 0.6) is 0 Å². The summed E-state index contributed by atoms with van der Waals surface area (Å²) < 4.78 is 1.53. The molecule has 0 unspecified atom stereocenters. The van der Waals surface area contributed by atoms with Crippen molar-refractivity contribution in [3.05, 3.63) is 63.9 Å². The highest BCUT2D eigenvalue weighted by molar-refractivity contribution is 7.99. The van der Waals surface area contributed by atoms with Gasteiger partial charge in [0.2, 0.25) is 5.91 Å². The van der Waals surface area contributed by atoms with Crippen LogP contribution in [0.1, 0.15) is 30.9 Å². The number of benzene rings is 2. The largest absolute Gasteiger partial charge is 0.338 e. The average molecular weight is 439 g/mol. The van der Waals surface area contributed by atoms with Crippen molar-refractivity contribution in [1.82, 2.24) is 20.2 Å². The molecule has 1 heterocycles. The number of aryl methyl sites for hydroxylation is 2. The number of carbonyl (C=O) groups excluding carboxylic acids is 2. The van der Waals surface area contributed by atoms with Crippen LogP contribution >= 0.6 is 11.8 Å². The van der Waals surface area contributed by atoms with Gasteiger partial charge in [-0.1, -0.05) is 43.3 Å². The van der Waals surface area contributed by atoms with E-state index in [-0.39, 0.29) is 11.3 Å². The molecule has 2 aromatic carbocycles. The predicted octanol–water partition coefficient (Wildman–Crippen LogP) is 3.72. The Morgan fingerprint density at radius 1 is 1.10 bits per heavy atom. The van der Waals surface area contributed by atoms with Gasteiger partial charge in [-0.05, 0) is 55.7 Å². The maximum Gasteiger partial charge on any atom is 0.321 e. The number of fused-ring (bicyclic) bond motifs is 1. The first-order valence-corrected chi connectivity index (χ1v) is 11.2. The fourth-order valence-corrected chi connectivity index (χ4v) is 4.04. The van der Waals surface area contributed by atoms with Crippen LogP contribution in [0, 0.1) is 13.8 Å². The van der Waals surface area contributed by atoms with Crippen LogP contribution in [-0.2, 0) is 4.79 Å². The molecule has 0 saturated carbocycles. The van der Waals surface area contributed by atoms with E-state index in [4.69, 9.17) is 0 Å². The highest BCUT2D eigenvalue weighted by Crippen LogP contribution is 2.22. The number of amides is 3. The second-order valence-electron chi connectivity index (χ2n) is 7.34. The monoisotopic (exact) mass is 438 g/mol. The summed E-state index contributed by atoms with van der Waals surface area (Å²) in [5.74, 6) is -0.495. The minimum atomic E-state index is -0.516. The van der Waals surface area contributed by atoms with Gasteiger partial charge in [0.05, 0.1) is 22.3 Å². The summed E-state index contributed by atoms with van der Waals surface area (Å²) in [7, 11) is 0. The van der Waals surface area contributed by atoms with Crippen LogP contribution in [0.4, 0.5) is 4.79 Å². The first kappa shape index (κ1) is 22.6. The molecular weight excluding hydrogens is 412 g/mol. The second-order valence-corrected chi connectivity index (χ2v) is 8.29. The Bertz CT molecular complexity index is 1150. The number of thioether (sulfide) groups is 1. The van der Waals surface area contributed by atoms with E-state index in [1.54, 1.807) is 18.2 Å². The molecule has 0 saturated heterocycles. The third kappa shape index (κ3) is 5.73. The fraction of sp³-hybridized carbons (Fsp3) is 0.304. The molecule has 0 fully saturated rings. The molecule has 0 aliphatic carbocycles. The first-order valence-electron chi connectivity index (χ1n) is 10.2. The van der Waals surface area contributed by atoms with Crippen molar-refractivity contribution in [3.8, 4) is 5.69 Å². The zero-order valence-electron chi connectivity index (χ0n) is 17.9. The van der Waals surface area contributed by atoms with E-state index in [1.165, 1.54) is 4.57 Å². The Hall–Kier alpha value is -3.13. The van der Waals surface area contributed by atoms with E-state index in [9.17, 15) is 14.4 Å². The zero-order chi connectivity index (χ0) is 22.4. The molecule has 0 aliphatic rings. The number of hydrogen-bond acceptors (Lipinski definition) is 5. The number of unbranched alkanes of at least 4 members (excludes halogenated alkanes) is 1. The summed E-state index contributed by atoms with van der Waals surface area (Å²) >= 11 is 1.12.